The largest absolute Gasteiger partial charge is 0.494 e. The number of anilines is 2. The van der Waals surface area contributed by atoms with Crippen LogP contribution in [0, 0.1) is 0 Å². The standard InChI is InChI=1S/C20H20Cl2N2O5/c1-27-18-15(21)9-12(10-16(18)22)19(25)23-13-3-4-17(14(11-13)20(26)28-2)24-5-7-29-8-6-24/h3-4,9-11H,5-8H2,1-2H3,(H,23,25). The van der Waals surface area contributed by atoms with Gasteiger partial charge in [-0.25, -0.2) is 4.79 Å². The molecule has 154 valence electrons. The summed E-state index contributed by atoms with van der Waals surface area (Å²) >= 11 is 12.2. The zero-order valence-corrected chi connectivity index (χ0v) is 17.5. The Hall–Kier alpha value is -2.48. The summed E-state index contributed by atoms with van der Waals surface area (Å²) in [5.74, 6) is -0.614. The van der Waals surface area contributed by atoms with Crippen LogP contribution in [0.15, 0.2) is 30.3 Å². The first-order valence-electron chi connectivity index (χ1n) is 8.84. The molecule has 0 radical (unpaired) electrons. The van der Waals surface area contributed by atoms with Gasteiger partial charge >= 0.3 is 5.97 Å². The number of carbonyl (C=O) groups is 2. The van der Waals surface area contributed by atoms with Crippen molar-refractivity contribution < 1.29 is 23.8 Å². The fraction of sp³-hybridized carbons (Fsp3) is 0.300. The minimum absolute atomic E-state index is 0.225. The molecule has 2 aromatic rings. The molecule has 1 aliphatic heterocycles. The number of methoxy groups -OCH3 is 2. The summed E-state index contributed by atoms with van der Waals surface area (Å²) in [6.07, 6.45) is 0. The van der Waals surface area contributed by atoms with Crippen LogP contribution in [-0.2, 0) is 9.47 Å². The van der Waals surface area contributed by atoms with Crippen molar-refractivity contribution in [3.63, 3.8) is 0 Å². The molecule has 1 saturated heterocycles. The van der Waals surface area contributed by atoms with Crippen LogP contribution in [0.25, 0.3) is 0 Å². The predicted octanol–water partition coefficient (Wildman–Crippen LogP) is 3.88. The van der Waals surface area contributed by atoms with Gasteiger partial charge in [0.15, 0.2) is 5.75 Å². The highest BCUT2D eigenvalue weighted by Crippen LogP contribution is 2.34. The Morgan fingerprint density at radius 1 is 1.07 bits per heavy atom. The molecule has 7 nitrogen and oxygen atoms in total. The van der Waals surface area contributed by atoms with Gasteiger partial charge in [0.25, 0.3) is 5.91 Å². The Morgan fingerprint density at radius 3 is 2.31 bits per heavy atom. The number of esters is 1. The zero-order chi connectivity index (χ0) is 21.0. The third-order valence-corrected chi connectivity index (χ3v) is 5.04. The van der Waals surface area contributed by atoms with Gasteiger partial charge in [-0.15, -0.1) is 0 Å². The average Bonchev–Trinajstić information content (AvgIpc) is 2.73. The number of hydrogen-bond donors (Lipinski definition) is 1. The van der Waals surface area contributed by atoms with E-state index in [1.807, 2.05) is 4.90 Å². The third-order valence-electron chi connectivity index (χ3n) is 4.48. The Bertz CT molecular complexity index is 906. The molecule has 0 aromatic heterocycles. The molecule has 0 unspecified atom stereocenters. The van der Waals surface area contributed by atoms with Gasteiger partial charge in [0.2, 0.25) is 0 Å². The lowest BCUT2D eigenvalue weighted by Gasteiger charge is -2.30. The first kappa shape index (κ1) is 21.2. The summed E-state index contributed by atoms with van der Waals surface area (Å²) < 4.78 is 15.4. The Balaban J connectivity index is 1.87. The minimum atomic E-state index is -0.488. The van der Waals surface area contributed by atoms with Crippen LogP contribution in [0.4, 0.5) is 11.4 Å². The molecule has 0 saturated carbocycles. The van der Waals surface area contributed by atoms with Gasteiger partial charge in [0.1, 0.15) is 0 Å². The van der Waals surface area contributed by atoms with Crippen LogP contribution in [0.1, 0.15) is 20.7 Å². The first-order chi connectivity index (χ1) is 13.9. The molecule has 0 spiro atoms. The second-order valence-electron chi connectivity index (χ2n) is 6.25. The quantitative estimate of drug-likeness (QED) is 0.713. The van der Waals surface area contributed by atoms with Gasteiger partial charge in [-0.1, -0.05) is 23.2 Å². The molecule has 2 aromatic carbocycles. The van der Waals surface area contributed by atoms with E-state index < -0.39 is 11.9 Å². The van der Waals surface area contributed by atoms with Crippen LogP contribution in [0.3, 0.4) is 0 Å². The van der Waals surface area contributed by atoms with Crippen LogP contribution in [0.5, 0.6) is 5.75 Å². The van der Waals surface area contributed by atoms with Gasteiger partial charge in [0, 0.05) is 24.3 Å². The second kappa shape index (κ2) is 9.35. The van der Waals surface area contributed by atoms with E-state index in [0.29, 0.717) is 43.3 Å². The van der Waals surface area contributed by atoms with Gasteiger partial charge in [0.05, 0.1) is 48.7 Å². The molecule has 1 amide bonds. The monoisotopic (exact) mass is 438 g/mol. The molecule has 3 rings (SSSR count). The maximum absolute atomic E-state index is 12.6. The molecule has 1 heterocycles. The van der Waals surface area contributed by atoms with E-state index in [9.17, 15) is 9.59 Å². The van der Waals surface area contributed by atoms with Gasteiger partial charge in [-0.05, 0) is 30.3 Å². The lowest BCUT2D eigenvalue weighted by Crippen LogP contribution is -2.37. The van der Waals surface area contributed by atoms with Crippen LogP contribution in [0.2, 0.25) is 10.0 Å². The fourth-order valence-electron chi connectivity index (χ4n) is 3.06. The maximum Gasteiger partial charge on any atom is 0.340 e. The zero-order valence-electron chi connectivity index (χ0n) is 16.0. The van der Waals surface area contributed by atoms with Gasteiger partial charge in [-0.3, -0.25) is 4.79 Å². The molecule has 0 atom stereocenters. The van der Waals surface area contributed by atoms with Crippen molar-refractivity contribution in [1.82, 2.24) is 0 Å². The maximum atomic E-state index is 12.6. The summed E-state index contributed by atoms with van der Waals surface area (Å²) in [5.41, 5.74) is 1.79. The smallest absolute Gasteiger partial charge is 0.340 e. The Labute approximate surface area is 178 Å². The molecule has 1 aliphatic rings. The van der Waals surface area contributed by atoms with E-state index in [1.165, 1.54) is 26.4 Å². The Morgan fingerprint density at radius 2 is 1.72 bits per heavy atom. The topological polar surface area (TPSA) is 77.1 Å². The summed E-state index contributed by atoms with van der Waals surface area (Å²) in [7, 11) is 2.76. The third kappa shape index (κ3) is 4.75. The molecule has 0 bridgehead atoms. The minimum Gasteiger partial charge on any atom is -0.494 e. The molecule has 9 heteroatoms. The highest BCUT2D eigenvalue weighted by atomic mass is 35.5. The van der Waals surface area contributed by atoms with Crippen molar-refractivity contribution >= 4 is 46.5 Å². The SMILES string of the molecule is COC(=O)c1cc(NC(=O)c2cc(Cl)c(OC)c(Cl)c2)ccc1N1CCOCC1. The van der Waals surface area contributed by atoms with Crippen molar-refractivity contribution in [3.8, 4) is 5.75 Å². The molecular formula is C20H20Cl2N2O5. The van der Waals surface area contributed by atoms with Crippen LogP contribution in [-0.4, -0.2) is 52.4 Å². The number of ether oxygens (including phenoxy) is 3. The summed E-state index contributed by atoms with van der Waals surface area (Å²) in [4.78, 5) is 27.0. The predicted molar refractivity (Wildman–Crippen MR) is 112 cm³/mol. The Kier molecular flexibility index (Phi) is 6.84. The van der Waals surface area contributed by atoms with Crippen molar-refractivity contribution in [1.29, 1.82) is 0 Å². The van der Waals surface area contributed by atoms with E-state index in [2.05, 4.69) is 5.32 Å². The number of amides is 1. The lowest BCUT2D eigenvalue weighted by molar-refractivity contribution is 0.0600. The summed E-state index contributed by atoms with van der Waals surface area (Å²) in [6.45, 7) is 2.49. The number of nitrogens with one attached hydrogen (secondary N) is 1. The number of rotatable bonds is 5. The number of benzene rings is 2. The first-order valence-corrected chi connectivity index (χ1v) is 9.59. The second-order valence-corrected chi connectivity index (χ2v) is 7.06. The van der Waals surface area contributed by atoms with E-state index in [-0.39, 0.29) is 15.6 Å². The molecular weight excluding hydrogens is 419 g/mol. The molecule has 29 heavy (non-hydrogen) atoms. The number of nitrogens with zero attached hydrogens (tertiary/aromatic N) is 1. The molecule has 1 N–H and O–H groups in total. The van der Waals surface area contributed by atoms with E-state index in [1.54, 1.807) is 18.2 Å². The van der Waals surface area contributed by atoms with E-state index in [4.69, 9.17) is 37.4 Å². The van der Waals surface area contributed by atoms with Crippen molar-refractivity contribution in [3.05, 3.63) is 51.5 Å². The highest BCUT2D eigenvalue weighted by molar-refractivity contribution is 6.37. The summed E-state index contributed by atoms with van der Waals surface area (Å²) in [5, 5.41) is 3.20. The summed E-state index contributed by atoms with van der Waals surface area (Å²) in [6, 6.07) is 8.01. The number of carbonyl (C=O) groups excluding carboxylic acids is 2. The fourth-order valence-corrected chi connectivity index (χ4v) is 3.70. The molecule has 1 fully saturated rings. The number of hydrogen-bond acceptors (Lipinski definition) is 6. The van der Waals surface area contributed by atoms with Gasteiger partial charge < -0.3 is 24.4 Å². The van der Waals surface area contributed by atoms with Crippen LogP contribution >= 0.6 is 23.2 Å². The van der Waals surface area contributed by atoms with Crippen molar-refractivity contribution in [2.45, 2.75) is 0 Å². The van der Waals surface area contributed by atoms with Gasteiger partial charge in [-0.2, -0.15) is 0 Å². The van der Waals surface area contributed by atoms with Crippen LogP contribution < -0.4 is 15.0 Å². The average molecular weight is 439 g/mol. The normalized spacial score (nSPS) is 13.7. The van der Waals surface area contributed by atoms with Crippen molar-refractivity contribution in [2.75, 3.05) is 50.7 Å². The number of halogens is 2. The van der Waals surface area contributed by atoms with E-state index in [0.717, 1.165) is 5.69 Å². The number of morpholine rings is 1. The lowest BCUT2D eigenvalue weighted by atomic mass is 10.1. The van der Waals surface area contributed by atoms with E-state index >= 15 is 0 Å². The highest BCUT2D eigenvalue weighted by Gasteiger charge is 2.21. The molecule has 0 aliphatic carbocycles. The van der Waals surface area contributed by atoms with Crippen molar-refractivity contribution in [2.24, 2.45) is 0 Å².